The summed E-state index contributed by atoms with van der Waals surface area (Å²) >= 11 is 1.52. The smallest absolute Gasteiger partial charge is 0.264 e. The van der Waals surface area contributed by atoms with Gasteiger partial charge in [-0.1, -0.05) is 0 Å². The third-order valence-electron chi connectivity index (χ3n) is 3.73. The van der Waals surface area contributed by atoms with E-state index in [2.05, 4.69) is 16.7 Å². The zero-order valence-electron chi connectivity index (χ0n) is 9.56. The van der Waals surface area contributed by atoms with Crippen LogP contribution in [0.2, 0.25) is 0 Å². The predicted octanol–water partition coefficient (Wildman–Crippen LogP) is 1.08. The minimum Gasteiger partial charge on any atom is -0.306 e. The van der Waals surface area contributed by atoms with Crippen molar-refractivity contribution in [2.24, 2.45) is 0 Å². The van der Waals surface area contributed by atoms with Gasteiger partial charge in [-0.15, -0.1) is 0 Å². The summed E-state index contributed by atoms with van der Waals surface area (Å²) in [6.07, 6.45) is 1.69. The minimum atomic E-state index is -1.29. The summed E-state index contributed by atoms with van der Waals surface area (Å²) in [5.41, 5.74) is 1.72. The van der Waals surface area contributed by atoms with Gasteiger partial charge < -0.3 is 4.90 Å². The number of carbonyl (C=O) groups is 1. The summed E-state index contributed by atoms with van der Waals surface area (Å²) in [7, 11) is 0.786. The molecule has 1 amide bonds. The van der Waals surface area contributed by atoms with Gasteiger partial charge in [0.2, 0.25) is 0 Å². The van der Waals surface area contributed by atoms with Crippen molar-refractivity contribution in [2.45, 2.75) is 17.6 Å². The molecule has 17 heavy (non-hydrogen) atoms. The second kappa shape index (κ2) is 3.90. The Morgan fingerprint density at radius 2 is 2.12 bits per heavy atom. The molecule has 0 saturated carbocycles. The average molecular weight is 270 g/mol. The zero-order valence-corrected chi connectivity index (χ0v) is 11.2. The van der Waals surface area contributed by atoms with E-state index >= 15 is 0 Å². The first kappa shape index (κ1) is 11.4. The number of nitrogens with zero attached hydrogens (tertiary/aromatic N) is 1. The molecule has 1 N–H and O–H groups in total. The summed E-state index contributed by atoms with van der Waals surface area (Å²) in [4.78, 5) is 14.0. The van der Waals surface area contributed by atoms with Crippen LogP contribution in [-0.2, 0) is 15.7 Å². The molecule has 0 aliphatic carbocycles. The van der Waals surface area contributed by atoms with Crippen molar-refractivity contribution in [3.05, 3.63) is 21.9 Å². The molecule has 0 radical (unpaired) electrons. The number of carbonyl (C=O) groups excluding carboxylic acids is 1. The Hall–Kier alpha value is -0.720. The van der Waals surface area contributed by atoms with E-state index < -0.39 is 11.0 Å². The lowest BCUT2D eigenvalue weighted by atomic mass is 9.87. The summed E-state index contributed by atoms with van der Waals surface area (Å²) in [6.45, 7) is 1.85. The molecule has 1 unspecified atom stereocenters. The fraction of sp³-hybridized carbons (Fsp3) is 0.545. The number of nitrogens with one attached hydrogen (secondary N) is 1. The molecule has 92 valence electrons. The van der Waals surface area contributed by atoms with Gasteiger partial charge in [0.1, 0.15) is 11.0 Å². The molecule has 0 aromatic carbocycles. The molecule has 2 aliphatic rings. The molecule has 1 saturated heterocycles. The number of likely N-dealkylation sites (tertiary alicyclic amines) is 1. The molecule has 1 fully saturated rings. The number of hydrogen-bond acceptors (Lipinski definition) is 4. The third kappa shape index (κ3) is 1.58. The molecule has 1 aromatic rings. The van der Waals surface area contributed by atoms with Crippen LogP contribution in [0.25, 0.3) is 0 Å². The topological polar surface area (TPSA) is 49.4 Å². The van der Waals surface area contributed by atoms with Gasteiger partial charge in [-0.2, -0.15) is 11.3 Å². The molecule has 1 aromatic heterocycles. The van der Waals surface area contributed by atoms with E-state index in [1.165, 1.54) is 11.3 Å². The highest BCUT2D eigenvalue weighted by Gasteiger charge is 2.47. The van der Waals surface area contributed by atoms with Crippen LogP contribution in [0.1, 0.15) is 28.8 Å². The summed E-state index contributed by atoms with van der Waals surface area (Å²) in [5.74, 6) is -0.191. The van der Waals surface area contributed by atoms with Crippen LogP contribution in [0.5, 0.6) is 0 Å². The number of rotatable bonds is 0. The SMILES string of the molecule is CN1CCC2(CC1)c1cscc1C(=O)NS2=O. The molecule has 0 bridgehead atoms. The van der Waals surface area contributed by atoms with Crippen LogP contribution in [0.15, 0.2) is 10.8 Å². The van der Waals surface area contributed by atoms with Gasteiger partial charge >= 0.3 is 0 Å². The molecule has 6 heteroatoms. The molecule has 3 heterocycles. The van der Waals surface area contributed by atoms with Crippen LogP contribution in [0.3, 0.4) is 0 Å². The lowest BCUT2D eigenvalue weighted by Crippen LogP contribution is -2.52. The number of piperidine rings is 1. The quantitative estimate of drug-likeness (QED) is 0.767. The molecule has 1 spiro atoms. The van der Waals surface area contributed by atoms with Crippen LogP contribution in [0, 0.1) is 0 Å². The van der Waals surface area contributed by atoms with Crippen LogP contribution < -0.4 is 4.72 Å². The number of hydrogen-bond donors (Lipinski definition) is 1. The molecule has 3 rings (SSSR count). The molecular formula is C11H14N2O2S2. The monoisotopic (exact) mass is 270 g/mol. The summed E-state index contributed by atoms with van der Waals surface area (Å²) in [5, 5.41) is 3.86. The Morgan fingerprint density at radius 1 is 1.41 bits per heavy atom. The maximum atomic E-state index is 12.3. The van der Waals surface area contributed by atoms with Crippen LogP contribution >= 0.6 is 11.3 Å². The lowest BCUT2D eigenvalue weighted by Gasteiger charge is -2.41. The van der Waals surface area contributed by atoms with Gasteiger partial charge in [0.15, 0.2) is 0 Å². The van der Waals surface area contributed by atoms with Crippen LogP contribution in [0.4, 0.5) is 0 Å². The second-order valence-electron chi connectivity index (χ2n) is 4.70. The van der Waals surface area contributed by atoms with Crippen molar-refractivity contribution < 1.29 is 9.00 Å². The zero-order chi connectivity index (χ0) is 12.0. The normalized spacial score (nSPS) is 27.8. The van der Waals surface area contributed by atoms with Crippen molar-refractivity contribution in [2.75, 3.05) is 20.1 Å². The summed E-state index contributed by atoms with van der Waals surface area (Å²) < 4.78 is 14.6. The third-order valence-corrected chi connectivity index (χ3v) is 6.18. The Bertz CT molecular complexity index is 489. The maximum Gasteiger partial charge on any atom is 0.264 e. The van der Waals surface area contributed by atoms with Crippen molar-refractivity contribution in [3.63, 3.8) is 0 Å². The minimum absolute atomic E-state index is 0.191. The van der Waals surface area contributed by atoms with Crippen LogP contribution in [-0.4, -0.2) is 35.2 Å². The van der Waals surface area contributed by atoms with E-state index in [1.54, 1.807) is 0 Å². The Balaban J connectivity index is 2.08. The first-order valence-corrected chi connectivity index (χ1v) is 7.71. The van der Waals surface area contributed by atoms with E-state index in [4.69, 9.17) is 0 Å². The highest BCUT2D eigenvalue weighted by Crippen LogP contribution is 2.43. The van der Waals surface area contributed by atoms with Crippen molar-refractivity contribution in [1.82, 2.24) is 9.62 Å². The maximum absolute atomic E-state index is 12.3. The van der Waals surface area contributed by atoms with E-state index in [9.17, 15) is 9.00 Å². The first-order chi connectivity index (χ1) is 8.13. The van der Waals surface area contributed by atoms with E-state index in [0.29, 0.717) is 0 Å². The number of amides is 1. The van der Waals surface area contributed by atoms with Gasteiger partial charge in [-0.05, 0) is 43.9 Å². The average Bonchev–Trinajstić information content (AvgIpc) is 2.79. The van der Waals surface area contributed by atoms with Crippen molar-refractivity contribution in [1.29, 1.82) is 0 Å². The highest BCUT2D eigenvalue weighted by molar-refractivity contribution is 7.84. The van der Waals surface area contributed by atoms with Crippen molar-refractivity contribution >= 4 is 28.2 Å². The lowest BCUT2D eigenvalue weighted by molar-refractivity contribution is 0.0973. The van der Waals surface area contributed by atoms with Gasteiger partial charge in [-0.3, -0.25) is 9.52 Å². The second-order valence-corrected chi connectivity index (χ2v) is 6.96. The van der Waals surface area contributed by atoms with Crippen molar-refractivity contribution in [3.8, 4) is 0 Å². The van der Waals surface area contributed by atoms with Gasteiger partial charge in [0.25, 0.3) is 5.91 Å². The Kier molecular flexibility index (Phi) is 2.61. The van der Waals surface area contributed by atoms with Gasteiger partial charge in [0.05, 0.1) is 10.3 Å². The number of fused-ring (bicyclic) bond motifs is 2. The predicted molar refractivity (Wildman–Crippen MR) is 68.3 cm³/mol. The molecular weight excluding hydrogens is 256 g/mol. The molecule has 4 nitrogen and oxygen atoms in total. The van der Waals surface area contributed by atoms with Gasteiger partial charge in [-0.25, -0.2) is 4.21 Å². The Morgan fingerprint density at radius 3 is 2.82 bits per heavy atom. The standard InChI is InChI=1S/C11H14N2O2S2/c1-13-4-2-11(3-5-13)9-7-16-6-8(9)10(14)12-17(11)15/h6-7H,2-5H2,1H3,(H,12,14). The summed E-state index contributed by atoms with van der Waals surface area (Å²) in [6, 6.07) is 0. The van der Waals surface area contributed by atoms with E-state index in [-0.39, 0.29) is 10.7 Å². The molecule has 1 atom stereocenters. The van der Waals surface area contributed by atoms with Gasteiger partial charge in [0, 0.05) is 5.38 Å². The highest BCUT2D eigenvalue weighted by atomic mass is 32.2. The number of thiophene rings is 1. The van der Waals surface area contributed by atoms with E-state index in [1.807, 2.05) is 10.8 Å². The molecule has 2 aliphatic heterocycles. The fourth-order valence-electron chi connectivity index (χ4n) is 2.60. The Labute approximate surface area is 107 Å². The fourth-order valence-corrected chi connectivity index (χ4v) is 4.99. The first-order valence-electron chi connectivity index (χ1n) is 5.61. The van der Waals surface area contributed by atoms with E-state index in [0.717, 1.165) is 37.1 Å². The largest absolute Gasteiger partial charge is 0.306 e.